The highest BCUT2D eigenvalue weighted by atomic mass is 16.6. The second-order valence-corrected chi connectivity index (χ2v) is 12.6. The smallest absolute Gasteiger partial charge is 0.307 e. The third-order valence-electron chi connectivity index (χ3n) is 9.45. The standard InChI is InChI=1S/C38H41N7O4/c46-45(47)35-25-39-44(26-35)34-19-23-43(24-20-34)33-17-21-42(22-18-33)32-13-11-31(12-14-32)40-36-15-16-37(48-27-29-7-3-1-4-8-29)41-38(36)49-28-30-9-5-2-6-10-30/h1-16,25-26,33-34,40H,17-24,27-28H2. The van der Waals surface area contributed by atoms with Crippen LogP contribution < -0.4 is 19.7 Å². The number of rotatable bonds is 12. The van der Waals surface area contributed by atoms with Gasteiger partial charge in [0.25, 0.3) is 0 Å². The van der Waals surface area contributed by atoms with Crippen LogP contribution in [0.5, 0.6) is 11.8 Å². The maximum Gasteiger partial charge on any atom is 0.307 e. The van der Waals surface area contributed by atoms with E-state index >= 15 is 0 Å². The monoisotopic (exact) mass is 659 g/mol. The van der Waals surface area contributed by atoms with Crippen molar-refractivity contribution >= 4 is 22.7 Å². The summed E-state index contributed by atoms with van der Waals surface area (Å²) in [6.45, 7) is 4.83. The third kappa shape index (κ3) is 8.18. The molecule has 0 amide bonds. The first-order chi connectivity index (χ1) is 24.1. The predicted octanol–water partition coefficient (Wildman–Crippen LogP) is 7.39. The van der Waals surface area contributed by atoms with Gasteiger partial charge in [0.1, 0.15) is 31.3 Å². The highest BCUT2D eigenvalue weighted by Gasteiger charge is 2.29. The van der Waals surface area contributed by atoms with Gasteiger partial charge in [-0.2, -0.15) is 10.1 Å². The second kappa shape index (κ2) is 15.2. The molecule has 0 saturated carbocycles. The van der Waals surface area contributed by atoms with Crippen LogP contribution in [0.3, 0.4) is 0 Å². The number of hydrogen-bond donors (Lipinski definition) is 1. The van der Waals surface area contributed by atoms with Crippen molar-refractivity contribution in [3.05, 3.63) is 131 Å². The Kier molecular flexibility index (Phi) is 9.97. The van der Waals surface area contributed by atoms with Gasteiger partial charge < -0.3 is 24.6 Å². The van der Waals surface area contributed by atoms with Crippen molar-refractivity contribution in [1.29, 1.82) is 0 Å². The molecule has 1 N–H and O–H groups in total. The number of ether oxygens (including phenoxy) is 2. The predicted molar refractivity (Wildman–Crippen MR) is 189 cm³/mol. The Morgan fingerprint density at radius 3 is 2.02 bits per heavy atom. The maximum atomic E-state index is 11.0. The molecule has 3 aromatic carbocycles. The molecule has 0 aliphatic carbocycles. The van der Waals surface area contributed by atoms with Crippen LogP contribution in [0.25, 0.3) is 0 Å². The molecule has 5 aromatic rings. The van der Waals surface area contributed by atoms with Gasteiger partial charge in [-0.1, -0.05) is 60.7 Å². The lowest BCUT2D eigenvalue weighted by atomic mass is 9.97. The summed E-state index contributed by atoms with van der Waals surface area (Å²) in [4.78, 5) is 20.4. The molecule has 7 rings (SSSR count). The van der Waals surface area contributed by atoms with Crippen LogP contribution in [-0.2, 0) is 13.2 Å². The molecule has 0 unspecified atom stereocenters. The fourth-order valence-electron chi connectivity index (χ4n) is 6.70. The van der Waals surface area contributed by atoms with Gasteiger partial charge in [-0.05, 0) is 67.1 Å². The van der Waals surface area contributed by atoms with E-state index in [2.05, 4.69) is 44.5 Å². The SMILES string of the molecule is O=[N+]([O-])c1cnn(C2CCN(C3CCN(c4ccc(Nc5ccc(OCc6ccccc6)nc5OCc5ccccc5)cc4)CC3)CC2)c1. The molecule has 49 heavy (non-hydrogen) atoms. The normalized spacial score (nSPS) is 16.0. The first-order valence-corrected chi connectivity index (χ1v) is 17.0. The van der Waals surface area contributed by atoms with Crippen LogP contribution in [0.4, 0.5) is 22.7 Å². The van der Waals surface area contributed by atoms with E-state index in [-0.39, 0.29) is 16.7 Å². The summed E-state index contributed by atoms with van der Waals surface area (Å²) in [5, 5.41) is 18.8. The topological polar surface area (TPSA) is 111 Å². The van der Waals surface area contributed by atoms with Crippen molar-refractivity contribution in [3.8, 4) is 11.8 Å². The number of piperidine rings is 2. The van der Waals surface area contributed by atoms with Gasteiger partial charge in [-0.15, -0.1) is 0 Å². The van der Waals surface area contributed by atoms with E-state index in [0.717, 1.165) is 74.4 Å². The molecule has 2 aliphatic heterocycles. The van der Waals surface area contributed by atoms with Crippen molar-refractivity contribution in [3.63, 3.8) is 0 Å². The molecule has 0 radical (unpaired) electrons. The van der Waals surface area contributed by atoms with E-state index in [0.29, 0.717) is 31.0 Å². The number of likely N-dealkylation sites (tertiary alicyclic amines) is 1. The van der Waals surface area contributed by atoms with Gasteiger partial charge in [0.2, 0.25) is 11.8 Å². The summed E-state index contributed by atoms with van der Waals surface area (Å²) >= 11 is 0. The molecule has 4 heterocycles. The molecular formula is C38H41N7O4. The lowest BCUT2D eigenvalue weighted by Gasteiger charge is -2.42. The summed E-state index contributed by atoms with van der Waals surface area (Å²) in [5.74, 6) is 0.986. The van der Waals surface area contributed by atoms with E-state index in [9.17, 15) is 10.1 Å². The quantitative estimate of drug-likeness (QED) is 0.108. The molecule has 2 aromatic heterocycles. The minimum atomic E-state index is -0.380. The number of anilines is 3. The third-order valence-corrected chi connectivity index (χ3v) is 9.45. The van der Waals surface area contributed by atoms with Gasteiger partial charge >= 0.3 is 5.69 Å². The first kappa shape index (κ1) is 32.1. The minimum absolute atomic E-state index is 0.0622. The van der Waals surface area contributed by atoms with Crippen molar-refractivity contribution in [1.82, 2.24) is 19.7 Å². The van der Waals surface area contributed by atoms with E-state index in [1.54, 1.807) is 10.9 Å². The average molecular weight is 660 g/mol. The molecule has 2 fully saturated rings. The number of nitrogens with zero attached hydrogens (tertiary/aromatic N) is 6. The second-order valence-electron chi connectivity index (χ2n) is 12.6. The van der Waals surface area contributed by atoms with Crippen LogP contribution >= 0.6 is 0 Å². The Balaban J connectivity index is 0.936. The fourth-order valence-corrected chi connectivity index (χ4v) is 6.70. The van der Waals surface area contributed by atoms with Crippen LogP contribution in [-0.4, -0.2) is 56.8 Å². The summed E-state index contributed by atoms with van der Waals surface area (Å²) in [5.41, 5.74) is 5.13. The molecular weight excluding hydrogens is 618 g/mol. The zero-order valence-corrected chi connectivity index (χ0v) is 27.4. The first-order valence-electron chi connectivity index (χ1n) is 17.0. The minimum Gasteiger partial charge on any atom is -0.473 e. The molecule has 2 aliphatic rings. The summed E-state index contributed by atoms with van der Waals surface area (Å²) in [6.07, 6.45) is 7.07. The van der Waals surface area contributed by atoms with Crippen molar-refractivity contribution in [2.24, 2.45) is 0 Å². The van der Waals surface area contributed by atoms with Crippen LogP contribution in [0, 0.1) is 10.1 Å². The molecule has 2 saturated heterocycles. The molecule has 252 valence electrons. The number of aromatic nitrogens is 3. The lowest BCUT2D eigenvalue weighted by molar-refractivity contribution is -0.385. The Morgan fingerprint density at radius 1 is 0.755 bits per heavy atom. The molecule has 0 bridgehead atoms. The summed E-state index contributed by atoms with van der Waals surface area (Å²) in [7, 11) is 0. The molecule has 0 atom stereocenters. The van der Waals surface area contributed by atoms with Crippen molar-refractivity contribution in [2.75, 3.05) is 36.4 Å². The van der Waals surface area contributed by atoms with Crippen molar-refractivity contribution in [2.45, 2.75) is 51.0 Å². The highest BCUT2D eigenvalue weighted by Crippen LogP contribution is 2.32. The number of nitro groups is 1. The number of hydrogen-bond acceptors (Lipinski definition) is 9. The van der Waals surface area contributed by atoms with Gasteiger partial charge in [0.15, 0.2) is 0 Å². The maximum absolute atomic E-state index is 11.0. The summed E-state index contributed by atoms with van der Waals surface area (Å²) in [6, 6.07) is 33.3. The molecule has 0 spiro atoms. The average Bonchev–Trinajstić information content (AvgIpc) is 3.66. The van der Waals surface area contributed by atoms with Crippen LogP contribution in [0.15, 0.2) is 109 Å². The zero-order valence-electron chi connectivity index (χ0n) is 27.4. The van der Waals surface area contributed by atoms with E-state index < -0.39 is 0 Å². The van der Waals surface area contributed by atoms with Gasteiger partial charge in [-0.25, -0.2) is 0 Å². The Labute approximate surface area is 286 Å². The fraction of sp³-hybridized carbons (Fsp3) is 0.316. The Hall–Kier alpha value is -5.42. The van der Waals surface area contributed by atoms with E-state index in [4.69, 9.17) is 14.5 Å². The van der Waals surface area contributed by atoms with Gasteiger partial charge in [0, 0.05) is 49.7 Å². The van der Waals surface area contributed by atoms with Gasteiger partial charge in [0.05, 0.1) is 11.0 Å². The molecule has 11 nitrogen and oxygen atoms in total. The number of pyridine rings is 1. The van der Waals surface area contributed by atoms with Crippen LogP contribution in [0.1, 0.15) is 42.9 Å². The Morgan fingerprint density at radius 2 is 1.39 bits per heavy atom. The van der Waals surface area contributed by atoms with Gasteiger partial charge in [-0.3, -0.25) is 14.8 Å². The van der Waals surface area contributed by atoms with Crippen LogP contribution in [0.2, 0.25) is 0 Å². The number of nitrogens with one attached hydrogen (secondary N) is 1. The summed E-state index contributed by atoms with van der Waals surface area (Å²) < 4.78 is 14.0. The largest absolute Gasteiger partial charge is 0.473 e. The molecule has 11 heteroatoms. The van der Waals surface area contributed by atoms with Crippen molar-refractivity contribution < 1.29 is 14.4 Å². The number of benzene rings is 3. The lowest BCUT2D eigenvalue weighted by Crippen LogP contribution is -2.48. The van der Waals surface area contributed by atoms with E-state index in [1.165, 1.54) is 11.9 Å². The zero-order chi connectivity index (χ0) is 33.4. The van der Waals surface area contributed by atoms with E-state index in [1.807, 2.05) is 72.8 Å². The highest BCUT2D eigenvalue weighted by molar-refractivity contribution is 5.67. The Bertz CT molecular complexity index is 1800.